The first-order chi connectivity index (χ1) is 21.4. The van der Waals surface area contributed by atoms with Crippen LogP contribution in [0.3, 0.4) is 0 Å². The topological polar surface area (TPSA) is 138 Å². The van der Waals surface area contributed by atoms with Crippen molar-refractivity contribution in [3.05, 3.63) is 130 Å². The van der Waals surface area contributed by atoms with Crippen molar-refractivity contribution in [2.24, 2.45) is 0 Å². The second-order valence-electron chi connectivity index (χ2n) is 9.81. The van der Waals surface area contributed by atoms with Crippen molar-refractivity contribution in [1.29, 1.82) is 0 Å². The highest BCUT2D eigenvalue weighted by atomic mass is 35.5. The molecule has 2 N–H and O–H groups in total. The predicted octanol–water partition coefficient (Wildman–Crippen LogP) is 6.21. The van der Waals surface area contributed by atoms with Crippen LogP contribution < -0.4 is 10.0 Å². The summed E-state index contributed by atoms with van der Waals surface area (Å²) in [6, 6.07) is 25.8. The summed E-state index contributed by atoms with van der Waals surface area (Å²) in [5.41, 5.74) is 5.29. The maximum absolute atomic E-state index is 13.7. The number of aromatic amines is 1. The van der Waals surface area contributed by atoms with Crippen LogP contribution in [0.15, 0.2) is 97.5 Å². The van der Waals surface area contributed by atoms with Crippen LogP contribution in [0.25, 0.3) is 28.1 Å². The number of methoxy groups -OCH3 is 1. The van der Waals surface area contributed by atoms with Gasteiger partial charge in [-0.05, 0) is 58.8 Å². The lowest BCUT2D eigenvalue weighted by atomic mass is 9.94. The lowest BCUT2D eigenvalue weighted by Gasteiger charge is -2.16. The summed E-state index contributed by atoms with van der Waals surface area (Å²) >= 11 is 13.0. The molecule has 0 saturated heterocycles. The Bertz CT molecular complexity index is 1910. The Morgan fingerprint density at radius 2 is 1.82 bits per heavy atom. The van der Waals surface area contributed by atoms with Gasteiger partial charge in [0.15, 0.2) is 6.20 Å². The third-order valence-corrected chi connectivity index (χ3v) is 7.56. The summed E-state index contributed by atoms with van der Waals surface area (Å²) < 4.78 is 7.00. The van der Waals surface area contributed by atoms with Crippen LogP contribution in [0.5, 0.6) is 0 Å². The minimum atomic E-state index is -0.569. The van der Waals surface area contributed by atoms with Crippen LogP contribution in [0.1, 0.15) is 23.0 Å². The highest BCUT2D eigenvalue weighted by molar-refractivity contribution is 6.32. The maximum Gasteiger partial charge on any atom is 0.411 e. The Hall–Kier alpha value is -5.26. The monoisotopic (exact) mass is 626 g/mol. The first-order valence-electron chi connectivity index (χ1n) is 13.4. The molecule has 1 atom stereocenters. The molecule has 0 saturated carbocycles. The number of carbonyl (C=O) groups is 1. The van der Waals surface area contributed by atoms with Crippen LogP contribution in [0.2, 0.25) is 10.2 Å². The lowest BCUT2D eigenvalue weighted by Crippen LogP contribution is -2.34. The average molecular weight is 627 g/mol. The molecule has 11 nitrogen and oxygen atoms in total. The van der Waals surface area contributed by atoms with Crippen molar-refractivity contribution >= 4 is 35.0 Å². The number of rotatable bonds is 8. The van der Waals surface area contributed by atoms with E-state index in [0.717, 1.165) is 15.9 Å². The van der Waals surface area contributed by atoms with Crippen molar-refractivity contribution < 1.29 is 14.3 Å². The SMILES string of the molecule is COC(=O)Nc1ccc(-c2nc(C(Cc3ccccc3)c3ccc(-c4cc(Cl)ccc4-n4cnnn4)c[n+]3[O-])[nH]c2Cl)cc1. The Morgan fingerprint density at radius 3 is 2.52 bits per heavy atom. The molecule has 6 aromatic rings. The maximum atomic E-state index is 13.7. The van der Waals surface area contributed by atoms with Crippen LogP contribution in [0.4, 0.5) is 10.5 Å². The van der Waals surface area contributed by atoms with E-state index in [4.69, 9.17) is 28.2 Å². The van der Waals surface area contributed by atoms with E-state index in [1.807, 2.05) is 36.4 Å². The van der Waals surface area contributed by atoms with Crippen LogP contribution in [0, 0.1) is 5.21 Å². The summed E-state index contributed by atoms with van der Waals surface area (Å²) in [7, 11) is 1.30. The smallest absolute Gasteiger partial charge is 0.411 e. The van der Waals surface area contributed by atoms with Gasteiger partial charge in [0.2, 0.25) is 5.69 Å². The normalized spacial score (nSPS) is 11.7. The van der Waals surface area contributed by atoms with E-state index in [0.29, 0.717) is 56.3 Å². The number of anilines is 1. The molecule has 0 fully saturated rings. The summed E-state index contributed by atoms with van der Waals surface area (Å²) in [6.07, 6.45) is 2.90. The molecule has 1 amide bonds. The van der Waals surface area contributed by atoms with E-state index < -0.39 is 12.0 Å². The zero-order chi connectivity index (χ0) is 30.6. The number of halogens is 2. The van der Waals surface area contributed by atoms with Crippen LogP contribution in [-0.4, -0.2) is 43.4 Å². The molecule has 0 aliphatic heterocycles. The fourth-order valence-corrected chi connectivity index (χ4v) is 5.35. The minimum Gasteiger partial charge on any atom is -0.618 e. The van der Waals surface area contributed by atoms with Crippen molar-refractivity contribution in [3.8, 4) is 28.1 Å². The lowest BCUT2D eigenvalue weighted by molar-refractivity contribution is -0.614. The average Bonchev–Trinajstić information content (AvgIpc) is 3.71. The molecule has 220 valence electrons. The van der Waals surface area contributed by atoms with Gasteiger partial charge in [-0.3, -0.25) is 5.32 Å². The molecular formula is C31H24Cl2N8O3. The Balaban J connectivity index is 1.38. The molecule has 0 radical (unpaired) electrons. The van der Waals surface area contributed by atoms with Gasteiger partial charge in [-0.25, -0.2) is 9.78 Å². The molecule has 0 bridgehead atoms. The zero-order valence-corrected chi connectivity index (χ0v) is 24.7. The number of hydrogen-bond acceptors (Lipinski definition) is 7. The molecule has 0 aliphatic rings. The number of ether oxygens (including phenoxy) is 1. The summed E-state index contributed by atoms with van der Waals surface area (Å²) in [5, 5.41) is 28.6. The van der Waals surface area contributed by atoms with Gasteiger partial charge in [0.1, 0.15) is 28.9 Å². The van der Waals surface area contributed by atoms with Gasteiger partial charge in [0, 0.05) is 33.5 Å². The van der Waals surface area contributed by atoms with Crippen LogP contribution in [-0.2, 0) is 11.2 Å². The Morgan fingerprint density at radius 1 is 1.05 bits per heavy atom. The minimum absolute atomic E-state index is 0.325. The molecule has 3 aromatic heterocycles. The fourth-order valence-electron chi connectivity index (χ4n) is 4.93. The third kappa shape index (κ3) is 6.10. The van der Waals surface area contributed by atoms with Gasteiger partial charge in [-0.1, -0.05) is 65.7 Å². The first kappa shape index (κ1) is 28.8. The fraction of sp³-hybridized carbons (Fsp3) is 0.0968. The summed E-state index contributed by atoms with van der Waals surface area (Å²) in [5.74, 6) is 0.0638. The molecule has 3 heterocycles. The van der Waals surface area contributed by atoms with E-state index in [9.17, 15) is 10.0 Å². The van der Waals surface area contributed by atoms with E-state index >= 15 is 0 Å². The van der Waals surface area contributed by atoms with Gasteiger partial charge in [-0.15, -0.1) is 5.10 Å². The zero-order valence-electron chi connectivity index (χ0n) is 23.2. The number of H-pyrrole nitrogens is 1. The van der Waals surface area contributed by atoms with Crippen molar-refractivity contribution in [3.63, 3.8) is 0 Å². The third-order valence-electron chi connectivity index (χ3n) is 7.05. The summed E-state index contributed by atoms with van der Waals surface area (Å²) in [6.45, 7) is 0. The first-order valence-corrected chi connectivity index (χ1v) is 14.2. The number of benzene rings is 3. The quantitative estimate of drug-likeness (QED) is 0.151. The van der Waals surface area contributed by atoms with E-state index in [2.05, 4.69) is 30.6 Å². The summed E-state index contributed by atoms with van der Waals surface area (Å²) in [4.78, 5) is 19.6. The number of nitrogens with one attached hydrogen (secondary N) is 2. The molecule has 0 spiro atoms. The van der Waals surface area contributed by atoms with Gasteiger partial charge in [-0.2, -0.15) is 9.41 Å². The number of tetrazole rings is 1. The predicted molar refractivity (Wildman–Crippen MR) is 166 cm³/mol. The van der Waals surface area contributed by atoms with E-state index in [1.165, 1.54) is 24.3 Å². The van der Waals surface area contributed by atoms with Crippen molar-refractivity contribution in [2.45, 2.75) is 12.3 Å². The number of imidazole rings is 1. The van der Waals surface area contributed by atoms with Gasteiger partial charge < -0.3 is 14.9 Å². The highest BCUT2D eigenvalue weighted by Gasteiger charge is 2.28. The second kappa shape index (κ2) is 12.5. The Kier molecular flexibility index (Phi) is 8.22. The number of aromatic nitrogens is 7. The molecule has 44 heavy (non-hydrogen) atoms. The van der Waals surface area contributed by atoms with E-state index in [-0.39, 0.29) is 0 Å². The molecule has 0 aliphatic carbocycles. The number of nitrogens with zero attached hydrogens (tertiary/aromatic N) is 6. The van der Waals surface area contributed by atoms with Gasteiger partial charge >= 0.3 is 6.09 Å². The second-order valence-corrected chi connectivity index (χ2v) is 10.6. The van der Waals surface area contributed by atoms with Crippen molar-refractivity contribution in [2.75, 3.05) is 12.4 Å². The van der Waals surface area contributed by atoms with Gasteiger partial charge in [0.25, 0.3) is 0 Å². The number of pyridine rings is 1. The Labute approximate surface area is 261 Å². The highest BCUT2D eigenvalue weighted by Crippen LogP contribution is 2.34. The number of amides is 1. The standard InChI is InChI=1S/C31H24Cl2N8O3/c1-44-31(42)35-23-11-7-20(8-12-23)28-29(33)37-30(36-28)25(15-19-5-3-2-4-6-19)27-13-9-21(17-41(27)43)24-16-22(32)10-14-26(24)40-18-34-38-39-40/h2-14,16-18,25H,15H2,1H3,(H,35,42)(H,36,37). The molecule has 3 aromatic carbocycles. The van der Waals surface area contributed by atoms with Gasteiger partial charge in [0.05, 0.1) is 12.8 Å². The van der Waals surface area contributed by atoms with E-state index in [1.54, 1.807) is 48.5 Å². The van der Waals surface area contributed by atoms with Crippen LogP contribution >= 0.6 is 23.2 Å². The molecule has 6 rings (SSSR count). The molecule has 1 unspecified atom stereocenters. The number of carbonyl (C=O) groups excluding carboxylic acids is 1. The molecular weight excluding hydrogens is 603 g/mol. The molecule has 13 heteroatoms. The van der Waals surface area contributed by atoms with Crippen molar-refractivity contribution in [1.82, 2.24) is 30.2 Å². The largest absolute Gasteiger partial charge is 0.618 e. The number of hydrogen-bond donors (Lipinski definition) is 2.